The molecule has 26 heavy (non-hydrogen) atoms. The van der Waals surface area contributed by atoms with Gasteiger partial charge in [0.1, 0.15) is 4.90 Å². The normalized spacial score (nSPS) is 12.3. The van der Waals surface area contributed by atoms with E-state index in [2.05, 4.69) is 18.6 Å². The minimum atomic E-state index is -3.81. The molecule has 2 rings (SSSR count). The van der Waals surface area contributed by atoms with Crippen molar-refractivity contribution in [1.82, 2.24) is 4.72 Å². The maximum atomic E-state index is 12.4. The van der Waals surface area contributed by atoms with Crippen LogP contribution in [0.4, 0.5) is 0 Å². The Balaban J connectivity index is 0.00000338. The van der Waals surface area contributed by atoms with Gasteiger partial charge in [0.15, 0.2) is 0 Å². The van der Waals surface area contributed by atoms with Crippen LogP contribution in [-0.2, 0) is 10.0 Å². The SMILES string of the molecule is CC(C)c1ccc(C(N)CNS(=O)(=O)c2ccc(C#N)cc2Cl)cc1.Cl. The summed E-state index contributed by atoms with van der Waals surface area (Å²) in [6, 6.07) is 13.3. The number of nitrogens with two attached hydrogens (primary N) is 1. The molecule has 0 saturated heterocycles. The van der Waals surface area contributed by atoms with Crippen molar-refractivity contribution >= 4 is 34.0 Å². The molecule has 0 saturated carbocycles. The lowest BCUT2D eigenvalue weighted by Crippen LogP contribution is -2.32. The van der Waals surface area contributed by atoms with Gasteiger partial charge < -0.3 is 5.73 Å². The molecule has 2 aromatic rings. The van der Waals surface area contributed by atoms with Gasteiger partial charge in [0.25, 0.3) is 0 Å². The van der Waals surface area contributed by atoms with E-state index in [0.29, 0.717) is 11.5 Å². The lowest BCUT2D eigenvalue weighted by molar-refractivity contribution is 0.572. The van der Waals surface area contributed by atoms with Crippen LogP contribution < -0.4 is 10.5 Å². The van der Waals surface area contributed by atoms with Gasteiger partial charge in [-0.25, -0.2) is 13.1 Å². The van der Waals surface area contributed by atoms with E-state index in [1.165, 1.54) is 23.8 Å². The van der Waals surface area contributed by atoms with E-state index in [9.17, 15) is 8.42 Å². The third-order valence-corrected chi connectivity index (χ3v) is 5.78. The molecule has 0 heterocycles. The summed E-state index contributed by atoms with van der Waals surface area (Å²) < 4.78 is 27.3. The maximum Gasteiger partial charge on any atom is 0.242 e. The average Bonchev–Trinajstić information content (AvgIpc) is 2.59. The molecule has 2 aromatic carbocycles. The standard InChI is InChI=1S/C18H20ClN3O2S.ClH/c1-12(2)14-4-6-15(7-5-14)17(21)11-22-25(23,24)18-8-3-13(10-20)9-16(18)19;/h3-9,12,17,22H,11,21H2,1-2H3;1H. The van der Waals surface area contributed by atoms with Gasteiger partial charge in [-0.05, 0) is 35.2 Å². The van der Waals surface area contributed by atoms with Gasteiger partial charge in [0.2, 0.25) is 10.0 Å². The molecule has 0 aliphatic rings. The van der Waals surface area contributed by atoms with E-state index < -0.39 is 16.1 Å². The van der Waals surface area contributed by atoms with E-state index in [1.54, 1.807) is 0 Å². The van der Waals surface area contributed by atoms with Gasteiger partial charge in [-0.2, -0.15) is 5.26 Å². The van der Waals surface area contributed by atoms with Crippen LogP contribution in [0.5, 0.6) is 0 Å². The van der Waals surface area contributed by atoms with Crippen molar-refractivity contribution in [2.45, 2.75) is 30.7 Å². The number of hydrogen-bond donors (Lipinski definition) is 2. The second kappa shape index (κ2) is 9.36. The van der Waals surface area contributed by atoms with Gasteiger partial charge in [0.05, 0.1) is 16.7 Å². The van der Waals surface area contributed by atoms with Gasteiger partial charge in [-0.15, -0.1) is 12.4 Å². The molecule has 0 radical (unpaired) electrons. The van der Waals surface area contributed by atoms with Crippen LogP contribution in [0.2, 0.25) is 5.02 Å². The summed E-state index contributed by atoms with van der Waals surface area (Å²) in [6.07, 6.45) is 0. The van der Waals surface area contributed by atoms with Crippen molar-refractivity contribution in [2.24, 2.45) is 5.73 Å². The van der Waals surface area contributed by atoms with Crippen LogP contribution in [0, 0.1) is 11.3 Å². The van der Waals surface area contributed by atoms with E-state index in [1.807, 2.05) is 30.3 Å². The number of hydrogen-bond acceptors (Lipinski definition) is 4. The molecule has 0 aliphatic carbocycles. The van der Waals surface area contributed by atoms with Gasteiger partial charge in [0, 0.05) is 12.6 Å². The zero-order valence-electron chi connectivity index (χ0n) is 14.4. The molecule has 5 nitrogen and oxygen atoms in total. The molecular weight excluding hydrogens is 393 g/mol. The molecule has 0 fully saturated rings. The first kappa shape index (κ1) is 22.4. The largest absolute Gasteiger partial charge is 0.323 e. The Morgan fingerprint density at radius 3 is 2.23 bits per heavy atom. The predicted molar refractivity (Wildman–Crippen MR) is 106 cm³/mol. The summed E-state index contributed by atoms with van der Waals surface area (Å²) in [5.74, 6) is 0.419. The molecule has 8 heteroatoms. The average molecular weight is 414 g/mol. The fraction of sp³-hybridized carbons (Fsp3) is 0.278. The Morgan fingerprint density at radius 2 is 1.73 bits per heavy atom. The predicted octanol–water partition coefficient (Wildman–Crippen LogP) is 3.74. The molecule has 1 unspecified atom stereocenters. The Labute approximate surface area is 165 Å². The van der Waals surface area contributed by atoms with Crippen molar-refractivity contribution in [1.29, 1.82) is 5.26 Å². The highest BCUT2D eigenvalue weighted by atomic mass is 35.5. The van der Waals surface area contributed by atoms with E-state index in [0.717, 1.165) is 5.56 Å². The minimum Gasteiger partial charge on any atom is -0.323 e. The second-order valence-electron chi connectivity index (χ2n) is 6.04. The molecule has 3 N–H and O–H groups in total. The Bertz CT molecular complexity index is 892. The van der Waals surface area contributed by atoms with E-state index >= 15 is 0 Å². The first-order valence-corrected chi connectivity index (χ1v) is 9.65. The summed E-state index contributed by atoms with van der Waals surface area (Å²) >= 11 is 5.97. The van der Waals surface area contributed by atoms with Crippen molar-refractivity contribution in [3.05, 3.63) is 64.2 Å². The number of halogens is 2. The fourth-order valence-corrected chi connectivity index (χ4v) is 3.91. The highest BCUT2D eigenvalue weighted by molar-refractivity contribution is 7.89. The monoisotopic (exact) mass is 413 g/mol. The number of sulfonamides is 1. The second-order valence-corrected chi connectivity index (χ2v) is 8.18. The summed E-state index contributed by atoms with van der Waals surface area (Å²) in [7, 11) is -3.81. The quantitative estimate of drug-likeness (QED) is 0.753. The van der Waals surface area contributed by atoms with Gasteiger partial charge >= 0.3 is 0 Å². The van der Waals surface area contributed by atoms with Crippen molar-refractivity contribution in [3.63, 3.8) is 0 Å². The third kappa shape index (κ3) is 5.44. The smallest absolute Gasteiger partial charge is 0.242 e. The molecule has 1 atom stereocenters. The highest BCUT2D eigenvalue weighted by Gasteiger charge is 2.19. The van der Waals surface area contributed by atoms with Gasteiger partial charge in [-0.3, -0.25) is 0 Å². The molecule has 0 bridgehead atoms. The summed E-state index contributed by atoms with van der Waals surface area (Å²) in [5, 5.41) is 8.82. The zero-order chi connectivity index (χ0) is 18.6. The number of nitrogens with one attached hydrogen (secondary N) is 1. The van der Waals surface area contributed by atoms with Crippen LogP contribution in [0.3, 0.4) is 0 Å². The molecule has 0 spiro atoms. The molecule has 0 amide bonds. The third-order valence-electron chi connectivity index (χ3n) is 3.88. The van der Waals surface area contributed by atoms with Crippen molar-refractivity contribution in [2.75, 3.05) is 6.54 Å². The number of nitriles is 1. The van der Waals surface area contributed by atoms with Crippen LogP contribution in [0.25, 0.3) is 0 Å². The summed E-state index contributed by atoms with van der Waals surface area (Å²) in [4.78, 5) is -0.0736. The zero-order valence-corrected chi connectivity index (χ0v) is 16.8. The van der Waals surface area contributed by atoms with Crippen LogP contribution in [0.1, 0.15) is 42.5 Å². The Hall–Kier alpha value is -1.62. The number of benzene rings is 2. The Kier molecular flexibility index (Phi) is 8.07. The van der Waals surface area contributed by atoms with Crippen molar-refractivity contribution < 1.29 is 8.42 Å². The molecule has 0 aliphatic heterocycles. The van der Waals surface area contributed by atoms with Gasteiger partial charge in [-0.1, -0.05) is 49.7 Å². The van der Waals surface area contributed by atoms with Crippen LogP contribution in [0.15, 0.2) is 47.4 Å². The molecule has 0 aromatic heterocycles. The molecule has 140 valence electrons. The number of nitrogens with zero attached hydrogens (tertiary/aromatic N) is 1. The lowest BCUT2D eigenvalue weighted by Gasteiger charge is -2.15. The van der Waals surface area contributed by atoms with Crippen LogP contribution >= 0.6 is 24.0 Å². The Morgan fingerprint density at radius 1 is 1.15 bits per heavy atom. The molecular formula is C18H21Cl2N3O2S. The highest BCUT2D eigenvalue weighted by Crippen LogP contribution is 2.23. The minimum absolute atomic E-state index is 0. The first-order chi connectivity index (χ1) is 11.7. The number of rotatable bonds is 6. The lowest BCUT2D eigenvalue weighted by atomic mass is 9.99. The topological polar surface area (TPSA) is 96.0 Å². The fourth-order valence-electron chi connectivity index (χ4n) is 2.31. The van der Waals surface area contributed by atoms with Crippen molar-refractivity contribution in [3.8, 4) is 6.07 Å². The summed E-state index contributed by atoms with van der Waals surface area (Å²) in [6.45, 7) is 4.24. The first-order valence-electron chi connectivity index (χ1n) is 7.79. The van der Waals surface area contributed by atoms with E-state index in [4.69, 9.17) is 22.6 Å². The van der Waals surface area contributed by atoms with Crippen LogP contribution in [-0.4, -0.2) is 15.0 Å². The van der Waals surface area contributed by atoms with E-state index in [-0.39, 0.29) is 28.9 Å². The summed E-state index contributed by atoms with van der Waals surface area (Å²) in [5.41, 5.74) is 8.42. The maximum absolute atomic E-state index is 12.4.